The Labute approximate surface area is 154 Å². The second kappa shape index (κ2) is 6.79. The van der Waals surface area contributed by atoms with Crippen LogP contribution in [-0.2, 0) is 0 Å². The van der Waals surface area contributed by atoms with Crippen molar-refractivity contribution in [2.75, 3.05) is 36.0 Å². The molecule has 3 heterocycles. The third-order valence-corrected chi connectivity index (χ3v) is 4.77. The number of piperazine rings is 1. The van der Waals surface area contributed by atoms with E-state index in [1.165, 1.54) is 5.56 Å². The van der Waals surface area contributed by atoms with Crippen molar-refractivity contribution in [1.29, 1.82) is 0 Å². The first-order valence-corrected chi connectivity index (χ1v) is 8.97. The number of anilines is 2. The molecular formula is C17H18BrN7. The number of pyridine rings is 1. The lowest BCUT2D eigenvalue weighted by Crippen LogP contribution is -2.48. The van der Waals surface area contributed by atoms with Gasteiger partial charge in [-0.25, -0.2) is 4.98 Å². The van der Waals surface area contributed by atoms with Gasteiger partial charge in [0.25, 0.3) is 0 Å². The number of tetrazole rings is 1. The summed E-state index contributed by atoms with van der Waals surface area (Å²) in [6.45, 7) is 5.57. The van der Waals surface area contributed by atoms with E-state index in [-0.39, 0.29) is 0 Å². The normalized spacial score (nSPS) is 14.8. The first-order chi connectivity index (χ1) is 12.2. The topological polar surface area (TPSA) is 63.0 Å². The van der Waals surface area contributed by atoms with E-state index in [9.17, 15) is 0 Å². The zero-order valence-corrected chi connectivity index (χ0v) is 15.5. The molecule has 1 aromatic carbocycles. The van der Waals surface area contributed by atoms with Gasteiger partial charge in [0.05, 0.1) is 5.69 Å². The molecule has 1 fully saturated rings. The van der Waals surface area contributed by atoms with Crippen LogP contribution in [0.2, 0.25) is 0 Å². The third kappa shape index (κ3) is 3.21. The maximum absolute atomic E-state index is 4.57. The van der Waals surface area contributed by atoms with Crippen molar-refractivity contribution in [1.82, 2.24) is 25.2 Å². The molecule has 0 saturated carbocycles. The van der Waals surface area contributed by atoms with Crippen molar-refractivity contribution in [2.24, 2.45) is 0 Å². The van der Waals surface area contributed by atoms with Gasteiger partial charge in [-0.3, -0.25) is 0 Å². The maximum atomic E-state index is 4.57. The van der Waals surface area contributed by atoms with E-state index in [2.05, 4.69) is 59.2 Å². The van der Waals surface area contributed by atoms with Crippen LogP contribution in [-0.4, -0.2) is 51.4 Å². The van der Waals surface area contributed by atoms with Gasteiger partial charge in [-0.2, -0.15) is 4.68 Å². The molecule has 0 spiro atoms. The van der Waals surface area contributed by atoms with Gasteiger partial charge in [0.2, 0.25) is 5.95 Å². The largest absolute Gasteiger partial charge is 0.353 e. The van der Waals surface area contributed by atoms with Crippen LogP contribution in [0.15, 0.2) is 47.1 Å². The van der Waals surface area contributed by atoms with Crippen molar-refractivity contribution in [2.45, 2.75) is 6.92 Å². The van der Waals surface area contributed by atoms with Crippen molar-refractivity contribution >= 4 is 27.7 Å². The molecule has 8 heteroatoms. The van der Waals surface area contributed by atoms with Gasteiger partial charge in [0, 0.05) is 36.8 Å². The van der Waals surface area contributed by atoms with E-state index in [1.807, 2.05) is 36.5 Å². The van der Waals surface area contributed by atoms with Crippen molar-refractivity contribution in [3.8, 4) is 5.69 Å². The number of aryl methyl sites for hydroxylation is 1. The molecule has 0 amide bonds. The average Bonchev–Trinajstić information content (AvgIpc) is 3.12. The van der Waals surface area contributed by atoms with E-state index in [4.69, 9.17) is 0 Å². The smallest absolute Gasteiger partial charge is 0.250 e. The summed E-state index contributed by atoms with van der Waals surface area (Å²) < 4.78 is 2.80. The molecule has 25 heavy (non-hydrogen) atoms. The van der Waals surface area contributed by atoms with Gasteiger partial charge < -0.3 is 9.80 Å². The summed E-state index contributed by atoms with van der Waals surface area (Å²) in [5, 5.41) is 12.2. The quantitative estimate of drug-likeness (QED) is 0.673. The Morgan fingerprint density at radius 1 is 1.00 bits per heavy atom. The number of halogens is 1. The number of para-hydroxylation sites is 1. The monoisotopic (exact) mass is 399 g/mol. The SMILES string of the molecule is Cc1cc(Br)cnc1N1CCN(c2nnnn2-c2ccccc2)CC1. The number of rotatable bonds is 3. The molecule has 0 atom stereocenters. The molecule has 0 unspecified atom stereocenters. The van der Waals surface area contributed by atoms with E-state index < -0.39 is 0 Å². The highest BCUT2D eigenvalue weighted by Crippen LogP contribution is 2.23. The highest BCUT2D eigenvalue weighted by Gasteiger charge is 2.23. The predicted molar refractivity (Wildman–Crippen MR) is 100 cm³/mol. The van der Waals surface area contributed by atoms with Crippen LogP contribution in [0, 0.1) is 6.92 Å². The molecular weight excluding hydrogens is 382 g/mol. The van der Waals surface area contributed by atoms with Gasteiger partial charge in [0.1, 0.15) is 5.82 Å². The van der Waals surface area contributed by atoms with Crippen LogP contribution in [0.25, 0.3) is 5.69 Å². The fourth-order valence-electron chi connectivity index (χ4n) is 3.10. The summed E-state index contributed by atoms with van der Waals surface area (Å²) in [7, 11) is 0. The van der Waals surface area contributed by atoms with Gasteiger partial charge in [-0.15, -0.1) is 0 Å². The Hall–Kier alpha value is -2.48. The van der Waals surface area contributed by atoms with Crippen LogP contribution in [0.1, 0.15) is 5.56 Å². The van der Waals surface area contributed by atoms with Gasteiger partial charge in [0.15, 0.2) is 0 Å². The van der Waals surface area contributed by atoms with E-state index in [0.717, 1.165) is 48.1 Å². The molecule has 1 aliphatic rings. The summed E-state index contributed by atoms with van der Waals surface area (Å²) in [4.78, 5) is 9.10. The Balaban J connectivity index is 1.51. The van der Waals surface area contributed by atoms with E-state index in [0.29, 0.717) is 0 Å². The molecule has 4 rings (SSSR count). The lowest BCUT2D eigenvalue weighted by molar-refractivity contribution is 0.625. The lowest BCUT2D eigenvalue weighted by Gasteiger charge is -2.36. The van der Waals surface area contributed by atoms with E-state index in [1.54, 1.807) is 4.68 Å². The highest BCUT2D eigenvalue weighted by molar-refractivity contribution is 9.10. The Morgan fingerprint density at radius 3 is 2.44 bits per heavy atom. The molecule has 0 N–H and O–H groups in total. The molecule has 3 aromatic rings. The number of benzene rings is 1. The number of hydrogen-bond acceptors (Lipinski definition) is 6. The van der Waals surface area contributed by atoms with Crippen LogP contribution >= 0.6 is 15.9 Å². The van der Waals surface area contributed by atoms with Crippen molar-refractivity contribution in [3.63, 3.8) is 0 Å². The fourth-order valence-corrected chi connectivity index (χ4v) is 3.54. The Morgan fingerprint density at radius 2 is 1.72 bits per heavy atom. The number of aromatic nitrogens is 5. The molecule has 0 radical (unpaired) electrons. The maximum Gasteiger partial charge on any atom is 0.250 e. The summed E-state index contributed by atoms with van der Waals surface area (Å²) >= 11 is 3.47. The zero-order chi connectivity index (χ0) is 17.2. The van der Waals surface area contributed by atoms with Gasteiger partial charge in [-0.1, -0.05) is 23.3 Å². The minimum atomic E-state index is 0.784. The van der Waals surface area contributed by atoms with Crippen LogP contribution in [0.5, 0.6) is 0 Å². The molecule has 1 aliphatic heterocycles. The van der Waals surface area contributed by atoms with Gasteiger partial charge >= 0.3 is 0 Å². The van der Waals surface area contributed by atoms with Crippen LogP contribution in [0.3, 0.4) is 0 Å². The summed E-state index contributed by atoms with van der Waals surface area (Å²) in [6, 6.07) is 12.1. The van der Waals surface area contributed by atoms with Crippen LogP contribution in [0.4, 0.5) is 11.8 Å². The first-order valence-electron chi connectivity index (χ1n) is 8.18. The molecule has 128 valence electrons. The van der Waals surface area contributed by atoms with Crippen molar-refractivity contribution < 1.29 is 0 Å². The molecule has 2 aromatic heterocycles. The van der Waals surface area contributed by atoms with E-state index >= 15 is 0 Å². The summed E-state index contributed by atoms with van der Waals surface area (Å²) in [5.41, 5.74) is 2.15. The molecule has 7 nitrogen and oxygen atoms in total. The summed E-state index contributed by atoms with van der Waals surface area (Å²) in [6.07, 6.45) is 1.85. The molecule has 0 aliphatic carbocycles. The number of hydrogen-bond donors (Lipinski definition) is 0. The Bertz CT molecular complexity index is 856. The average molecular weight is 400 g/mol. The Kier molecular flexibility index (Phi) is 4.35. The lowest BCUT2D eigenvalue weighted by atomic mass is 10.2. The predicted octanol–water partition coefficient (Wildman–Crippen LogP) is 2.45. The fraction of sp³-hybridized carbons (Fsp3) is 0.294. The van der Waals surface area contributed by atoms with Crippen molar-refractivity contribution in [3.05, 3.63) is 52.6 Å². The highest BCUT2D eigenvalue weighted by atomic mass is 79.9. The minimum absolute atomic E-state index is 0.784. The first kappa shape index (κ1) is 16.0. The third-order valence-electron chi connectivity index (χ3n) is 4.33. The second-order valence-electron chi connectivity index (χ2n) is 5.99. The zero-order valence-electron chi connectivity index (χ0n) is 13.9. The van der Waals surface area contributed by atoms with Crippen LogP contribution < -0.4 is 9.80 Å². The number of nitrogens with zero attached hydrogens (tertiary/aromatic N) is 7. The minimum Gasteiger partial charge on any atom is -0.353 e. The molecule has 0 bridgehead atoms. The summed E-state index contributed by atoms with van der Waals surface area (Å²) in [5.74, 6) is 1.83. The second-order valence-corrected chi connectivity index (χ2v) is 6.91. The molecule has 1 saturated heterocycles. The van der Waals surface area contributed by atoms with Gasteiger partial charge in [-0.05, 0) is 57.0 Å². The standard InChI is InChI=1S/C17H18BrN7/c1-13-11-14(18)12-19-16(13)23-7-9-24(10-8-23)17-20-21-22-25(17)15-5-3-2-4-6-15/h2-6,11-12H,7-10H2,1H3.